The average molecular weight is 676 g/mol. The van der Waals surface area contributed by atoms with E-state index in [-0.39, 0.29) is 12.5 Å². The maximum Gasteiger partial charge on any atom is 0.469 e. The topological polar surface area (TPSA) is 78.8 Å². The molecule has 3 N–H and O–H groups in total. The quantitative estimate of drug-likeness (QED) is 0.0451. The van der Waals surface area contributed by atoms with Crippen LogP contribution in [0.1, 0.15) is 233 Å². The summed E-state index contributed by atoms with van der Waals surface area (Å²) in [5, 5.41) is 3.57. The summed E-state index contributed by atoms with van der Waals surface area (Å²) >= 11 is 0. The first kappa shape index (κ1) is 48.2. The Kier molecular flexibility index (Phi) is 43.2. The molecule has 0 saturated heterocycles. The molecular weight excluding hydrogens is 589 g/mol. The van der Waals surface area contributed by atoms with Crippen LogP contribution in [0, 0.1) is 5.92 Å². The molecule has 0 aromatic rings. The van der Waals surface area contributed by atoms with E-state index < -0.39 is 7.82 Å². The van der Waals surface area contributed by atoms with Crippen molar-refractivity contribution in [2.75, 3.05) is 19.7 Å². The van der Waals surface area contributed by atoms with Crippen LogP contribution in [0.2, 0.25) is 0 Å². The van der Waals surface area contributed by atoms with Crippen LogP contribution in [-0.4, -0.2) is 29.5 Å². The van der Waals surface area contributed by atoms with Crippen molar-refractivity contribution in [1.82, 2.24) is 5.32 Å². The molecule has 46 heavy (non-hydrogen) atoms. The normalized spacial score (nSPS) is 12.3. The van der Waals surface area contributed by atoms with Gasteiger partial charge < -0.3 is 15.1 Å². The maximum atomic E-state index is 11.1. The molecule has 0 rings (SSSR count). The fourth-order valence-corrected chi connectivity index (χ4v) is 6.59. The molecule has 0 aromatic heterocycles. The summed E-state index contributed by atoms with van der Waals surface area (Å²) in [6.07, 6.45) is 42.5. The monoisotopic (exact) mass is 676 g/mol. The zero-order chi connectivity index (χ0) is 34.2. The van der Waals surface area contributed by atoms with E-state index in [4.69, 9.17) is 14.3 Å². The van der Waals surface area contributed by atoms with Gasteiger partial charge in [0.25, 0.3) is 0 Å². The van der Waals surface area contributed by atoms with Gasteiger partial charge in [0, 0.05) is 0 Å². The summed E-state index contributed by atoms with van der Waals surface area (Å²) in [7, 11) is -4.35. The van der Waals surface area contributed by atoms with Gasteiger partial charge >= 0.3 is 7.82 Å². The third kappa shape index (κ3) is 46.2. The van der Waals surface area contributed by atoms with E-state index in [2.05, 4.69) is 33.0 Å². The third-order valence-electron chi connectivity index (χ3n) is 9.32. The molecule has 0 saturated carbocycles. The van der Waals surface area contributed by atoms with Gasteiger partial charge in [0.2, 0.25) is 0 Å². The molecule has 6 heteroatoms. The van der Waals surface area contributed by atoms with E-state index in [9.17, 15) is 4.57 Å². The van der Waals surface area contributed by atoms with Crippen LogP contribution in [0.15, 0.2) is 0 Å². The van der Waals surface area contributed by atoms with Crippen molar-refractivity contribution in [3.8, 4) is 0 Å². The minimum Gasteiger partial charge on any atom is -0.317 e. The number of hydrogen-bond donors (Lipinski definition) is 3. The zero-order valence-corrected chi connectivity index (χ0v) is 32.9. The van der Waals surface area contributed by atoms with E-state index in [0.29, 0.717) is 0 Å². The Bertz CT molecular complexity index is 572. The van der Waals surface area contributed by atoms with Crippen LogP contribution in [0.3, 0.4) is 0 Å². The summed E-state index contributed by atoms with van der Waals surface area (Å²) in [4.78, 5) is 18.0. The highest BCUT2D eigenvalue weighted by molar-refractivity contribution is 7.46. The van der Waals surface area contributed by atoms with Crippen molar-refractivity contribution in [3.63, 3.8) is 0 Å². The largest absolute Gasteiger partial charge is 0.469 e. The highest BCUT2D eigenvalue weighted by Crippen LogP contribution is 2.37. The SMILES string of the molecule is CCCCCCCCCCCCC(CCCCCCCCCC)COP(=O)(O)O.CCCCCCCCNCCCCCCCC. The van der Waals surface area contributed by atoms with Gasteiger partial charge in [0.05, 0.1) is 6.61 Å². The predicted molar refractivity (Wildman–Crippen MR) is 205 cm³/mol. The second kappa shape index (κ2) is 41.2. The third-order valence-corrected chi connectivity index (χ3v) is 9.81. The second-order valence-electron chi connectivity index (χ2n) is 14.2. The van der Waals surface area contributed by atoms with E-state index in [0.717, 1.165) is 25.7 Å². The van der Waals surface area contributed by atoms with Crippen LogP contribution in [0.25, 0.3) is 0 Å². The van der Waals surface area contributed by atoms with Gasteiger partial charge in [-0.1, -0.05) is 207 Å². The van der Waals surface area contributed by atoms with Crippen LogP contribution in [-0.2, 0) is 9.09 Å². The summed E-state index contributed by atoms with van der Waals surface area (Å²) < 4.78 is 15.9. The standard InChI is InChI=1S/C24H51O4P.C16H35N/c1-3-5-7-9-11-13-14-16-18-20-22-24(23-28-29(25,26)27)21-19-17-15-12-10-8-6-4-2;1-3-5-7-9-11-13-15-17-16-14-12-10-8-6-4-2/h24H,3-23H2,1-2H3,(H2,25,26,27);17H,3-16H2,1-2H3. The smallest absolute Gasteiger partial charge is 0.317 e. The molecule has 0 radical (unpaired) electrons. The fourth-order valence-electron chi connectivity index (χ4n) is 6.19. The first-order chi connectivity index (χ1) is 22.4. The van der Waals surface area contributed by atoms with Gasteiger partial charge in [0.15, 0.2) is 0 Å². The Hall–Kier alpha value is 0.0700. The second-order valence-corrected chi connectivity index (χ2v) is 15.4. The van der Waals surface area contributed by atoms with Crippen molar-refractivity contribution in [2.24, 2.45) is 5.92 Å². The van der Waals surface area contributed by atoms with Gasteiger partial charge in [-0.2, -0.15) is 0 Å². The lowest BCUT2D eigenvalue weighted by molar-refractivity contribution is 0.157. The highest BCUT2D eigenvalue weighted by Gasteiger charge is 2.18. The molecule has 0 amide bonds. The summed E-state index contributed by atoms with van der Waals surface area (Å²) in [5.74, 6) is 0.289. The molecule has 0 aliphatic carbocycles. The molecule has 1 unspecified atom stereocenters. The Labute approximate surface area is 290 Å². The Balaban J connectivity index is 0. The lowest BCUT2D eigenvalue weighted by atomic mass is 9.94. The number of hydrogen-bond acceptors (Lipinski definition) is 3. The van der Waals surface area contributed by atoms with Gasteiger partial charge in [0.1, 0.15) is 0 Å². The molecule has 0 spiro atoms. The Morgan fingerprint density at radius 3 is 0.978 bits per heavy atom. The molecule has 0 aliphatic heterocycles. The Morgan fingerprint density at radius 1 is 0.435 bits per heavy atom. The van der Waals surface area contributed by atoms with Crippen molar-refractivity contribution in [1.29, 1.82) is 0 Å². The van der Waals surface area contributed by atoms with E-state index in [1.54, 1.807) is 0 Å². The lowest BCUT2D eigenvalue weighted by Gasteiger charge is -2.17. The van der Waals surface area contributed by atoms with Crippen LogP contribution < -0.4 is 5.32 Å². The minimum atomic E-state index is -4.35. The molecular formula is C40H86NO4P. The van der Waals surface area contributed by atoms with Crippen molar-refractivity contribution < 1.29 is 18.9 Å². The number of phosphoric ester groups is 1. The highest BCUT2D eigenvalue weighted by atomic mass is 31.2. The Morgan fingerprint density at radius 2 is 0.696 bits per heavy atom. The van der Waals surface area contributed by atoms with Crippen molar-refractivity contribution >= 4 is 7.82 Å². The summed E-state index contributed by atoms with van der Waals surface area (Å²) in [5.41, 5.74) is 0. The van der Waals surface area contributed by atoms with Crippen molar-refractivity contribution in [2.45, 2.75) is 233 Å². The van der Waals surface area contributed by atoms with E-state index >= 15 is 0 Å². The van der Waals surface area contributed by atoms with Crippen LogP contribution >= 0.6 is 7.82 Å². The van der Waals surface area contributed by atoms with E-state index in [1.165, 1.54) is 193 Å². The molecule has 0 heterocycles. The molecule has 280 valence electrons. The van der Waals surface area contributed by atoms with Crippen LogP contribution in [0.4, 0.5) is 0 Å². The van der Waals surface area contributed by atoms with Gasteiger partial charge in [-0.05, 0) is 44.7 Å². The maximum absolute atomic E-state index is 11.1. The molecule has 0 fully saturated rings. The number of phosphoric acid groups is 1. The fraction of sp³-hybridized carbons (Fsp3) is 1.00. The number of rotatable bonds is 37. The molecule has 1 atom stereocenters. The van der Waals surface area contributed by atoms with Crippen molar-refractivity contribution in [3.05, 3.63) is 0 Å². The first-order valence-electron chi connectivity index (χ1n) is 20.8. The van der Waals surface area contributed by atoms with Gasteiger partial charge in [-0.25, -0.2) is 4.57 Å². The average Bonchev–Trinajstić information content (AvgIpc) is 3.03. The molecule has 0 aliphatic rings. The lowest BCUT2D eigenvalue weighted by Crippen LogP contribution is -2.16. The van der Waals surface area contributed by atoms with Gasteiger partial charge in [-0.15, -0.1) is 0 Å². The molecule has 0 aromatic carbocycles. The van der Waals surface area contributed by atoms with Crippen LogP contribution in [0.5, 0.6) is 0 Å². The molecule has 5 nitrogen and oxygen atoms in total. The van der Waals surface area contributed by atoms with Gasteiger partial charge in [-0.3, -0.25) is 4.52 Å². The molecule has 0 bridgehead atoms. The first-order valence-corrected chi connectivity index (χ1v) is 22.3. The summed E-state index contributed by atoms with van der Waals surface area (Å²) in [6.45, 7) is 11.7. The predicted octanol–water partition coefficient (Wildman–Crippen LogP) is 13.9. The zero-order valence-electron chi connectivity index (χ0n) is 32.0. The van der Waals surface area contributed by atoms with E-state index in [1.807, 2.05) is 0 Å². The minimum absolute atomic E-state index is 0.207. The number of unbranched alkanes of at least 4 members (excludes halogenated alkanes) is 26. The summed E-state index contributed by atoms with van der Waals surface area (Å²) in [6, 6.07) is 0. The number of nitrogens with one attached hydrogen (secondary N) is 1.